The molecule has 3 atom stereocenters. The molecule has 73 heavy (non-hydrogen) atoms. The number of nitrogens with one attached hydrogen (secondary N) is 5. The number of aromatic nitrogens is 3. The number of esters is 3. The Kier molecular flexibility index (Phi) is 20.4. The zero-order chi connectivity index (χ0) is 53.0. The summed E-state index contributed by atoms with van der Waals surface area (Å²) in [5.41, 5.74) is -1.55. The summed E-state index contributed by atoms with van der Waals surface area (Å²) in [5, 5.41) is 81.0. The van der Waals surface area contributed by atoms with Gasteiger partial charge in [0.15, 0.2) is 52.6 Å². The molecule has 392 valence electrons. The van der Waals surface area contributed by atoms with Crippen LogP contribution in [-0.2, 0) is 60.7 Å². The number of phenolic OH excluding ortho intramolecular Hbond substituents is 6. The normalized spacial score (nSPS) is 16.1. The Balaban J connectivity index is 1.16. The number of nitrogens with zero attached hydrogens (tertiary/aromatic N) is 3. The molecule has 2 heterocycles. The first-order chi connectivity index (χ1) is 35.0. The third-order valence-electron chi connectivity index (χ3n) is 10.2. The third-order valence-corrected chi connectivity index (χ3v) is 10.2. The number of para-hydroxylation sites is 2. The molecule has 5 rings (SSSR count). The van der Waals surface area contributed by atoms with E-state index in [-0.39, 0.29) is 57.6 Å². The highest BCUT2D eigenvalue weighted by Crippen LogP contribution is 2.31. The number of benzene rings is 3. The van der Waals surface area contributed by atoms with E-state index in [1.165, 1.54) is 12.1 Å². The van der Waals surface area contributed by atoms with Crippen molar-refractivity contribution in [3.63, 3.8) is 0 Å². The number of carbonyl (C=O) groups is 8. The molecular formula is C45H52N8O20. The van der Waals surface area contributed by atoms with E-state index in [0.29, 0.717) is 25.3 Å². The molecule has 28 nitrogen and oxygen atoms in total. The molecule has 4 aromatic rings. The SMILES string of the molecule is CCC(=O)NCc1cn(CCOCCOCCOCCNC(=O)c2cc(O)c(O)c(C(=O)N[C@H]3COC(=O)[C@@H](NC(=O)c4cccc(O)c4O)COC(=O)[C@@H](NC(=O)c4cccc(O)c4O)COC3=O)c2)nn1. The molecule has 28 heteroatoms. The second kappa shape index (κ2) is 27.0. The average Bonchev–Trinajstić information content (AvgIpc) is 3.83. The minimum atomic E-state index is -2.01. The van der Waals surface area contributed by atoms with E-state index in [0.717, 1.165) is 36.4 Å². The summed E-state index contributed by atoms with van der Waals surface area (Å²) in [7, 11) is 0. The zero-order valence-corrected chi connectivity index (χ0v) is 38.9. The lowest BCUT2D eigenvalue weighted by atomic mass is 10.1. The van der Waals surface area contributed by atoms with E-state index in [4.69, 9.17) is 28.4 Å². The third kappa shape index (κ3) is 16.1. The first-order valence-corrected chi connectivity index (χ1v) is 22.1. The molecule has 0 aliphatic carbocycles. The Morgan fingerprint density at radius 3 is 1.58 bits per heavy atom. The molecule has 0 spiro atoms. The Morgan fingerprint density at radius 1 is 0.603 bits per heavy atom. The van der Waals surface area contributed by atoms with Crippen LogP contribution >= 0.6 is 0 Å². The Labute approximate surface area is 413 Å². The Hall–Kier alpha value is -8.76. The van der Waals surface area contributed by atoms with Gasteiger partial charge < -0.3 is 85.6 Å². The number of cyclic esters (lactones) is 3. The second-order valence-electron chi connectivity index (χ2n) is 15.4. The molecule has 0 bridgehead atoms. The van der Waals surface area contributed by atoms with Crippen molar-refractivity contribution in [1.29, 1.82) is 0 Å². The summed E-state index contributed by atoms with van der Waals surface area (Å²) in [6, 6.07) is 2.48. The smallest absolute Gasteiger partial charge is 0.332 e. The quantitative estimate of drug-likeness (QED) is 0.0182. The highest BCUT2D eigenvalue weighted by Gasteiger charge is 2.35. The van der Waals surface area contributed by atoms with Gasteiger partial charge in [0.25, 0.3) is 23.6 Å². The van der Waals surface area contributed by atoms with Crippen LogP contribution in [0.1, 0.15) is 60.5 Å². The first-order valence-electron chi connectivity index (χ1n) is 22.1. The minimum Gasteiger partial charge on any atom is -0.504 e. The highest BCUT2D eigenvalue weighted by molar-refractivity contribution is 6.04. The molecule has 1 aliphatic rings. The van der Waals surface area contributed by atoms with Gasteiger partial charge >= 0.3 is 17.9 Å². The van der Waals surface area contributed by atoms with Crippen molar-refractivity contribution < 1.29 is 97.4 Å². The number of carbonyl (C=O) groups excluding carboxylic acids is 8. The highest BCUT2D eigenvalue weighted by atomic mass is 16.6. The van der Waals surface area contributed by atoms with Crippen LogP contribution in [0.4, 0.5) is 0 Å². The molecular weight excluding hydrogens is 973 g/mol. The maximum Gasteiger partial charge on any atom is 0.332 e. The maximum atomic E-state index is 13.6. The van der Waals surface area contributed by atoms with Crippen LogP contribution < -0.4 is 26.6 Å². The lowest BCUT2D eigenvalue weighted by molar-refractivity contribution is -0.160. The molecule has 0 radical (unpaired) electrons. The lowest BCUT2D eigenvalue weighted by Crippen LogP contribution is -2.52. The monoisotopic (exact) mass is 1020 g/mol. The molecule has 1 aromatic heterocycles. The van der Waals surface area contributed by atoms with Gasteiger partial charge in [0, 0.05) is 18.5 Å². The minimum absolute atomic E-state index is 0.0109. The van der Waals surface area contributed by atoms with Gasteiger partial charge in [0.05, 0.1) is 75.6 Å². The number of phenols is 6. The van der Waals surface area contributed by atoms with Crippen LogP contribution in [0, 0.1) is 0 Å². The fraction of sp³-hybridized carbons (Fsp3) is 0.378. The van der Waals surface area contributed by atoms with Gasteiger partial charge in [-0.15, -0.1) is 5.10 Å². The zero-order valence-electron chi connectivity index (χ0n) is 38.9. The molecule has 3 aromatic carbocycles. The van der Waals surface area contributed by atoms with Gasteiger partial charge in [-0.2, -0.15) is 0 Å². The molecule has 11 N–H and O–H groups in total. The van der Waals surface area contributed by atoms with Gasteiger partial charge in [-0.1, -0.05) is 24.3 Å². The van der Waals surface area contributed by atoms with E-state index in [1.54, 1.807) is 17.8 Å². The first kappa shape index (κ1) is 55.2. The number of hydrogen-bond acceptors (Lipinski definition) is 22. The van der Waals surface area contributed by atoms with Gasteiger partial charge in [-0.3, -0.25) is 24.0 Å². The molecule has 1 fully saturated rings. The Bertz CT molecular complexity index is 2580. The standard InChI is InChI=1S/C45H52N8O20/c1-2-35(57)47-19-25-20-53(52-51-25)10-12-69-14-16-70-15-13-68-11-9-46-39(61)24-17-28(38(60)34(56)18-24)42(64)50-31-23-73-44(66)29(48-40(62)26-5-3-7-32(54)36(26)58)21-71-43(65)30(22-72-45(31)67)49-41(63)27-6-4-8-33(55)37(27)59/h3-8,17-18,20,29-31,54-56,58-60H,2,9-16,19,21-23H2,1H3,(H,46,61)(H,47,57)(H,48,62)(H,49,63)(H,50,64)/t29-,30-,31-/m0/s1. The largest absolute Gasteiger partial charge is 0.504 e. The van der Waals surface area contributed by atoms with E-state index in [9.17, 15) is 69.0 Å². The summed E-state index contributed by atoms with van der Waals surface area (Å²) in [6.07, 6.45) is 2.07. The average molecular weight is 1020 g/mol. The number of ether oxygens (including phenoxy) is 6. The molecule has 5 amide bonds. The molecule has 1 aliphatic heterocycles. The number of aromatic hydroxyl groups is 6. The topological polar surface area (TPSA) is 404 Å². The number of hydrogen-bond donors (Lipinski definition) is 11. The summed E-state index contributed by atoms with van der Waals surface area (Å²) >= 11 is 0. The van der Waals surface area contributed by atoms with E-state index >= 15 is 0 Å². The van der Waals surface area contributed by atoms with Crippen LogP contribution in [-0.4, -0.2) is 177 Å². The summed E-state index contributed by atoms with van der Waals surface area (Å²) in [6.45, 7) is 0.530. The van der Waals surface area contributed by atoms with Crippen LogP contribution in [0.25, 0.3) is 0 Å². The van der Waals surface area contributed by atoms with Crippen molar-refractivity contribution in [3.05, 3.63) is 82.7 Å². The van der Waals surface area contributed by atoms with Crippen molar-refractivity contribution in [2.24, 2.45) is 0 Å². The van der Waals surface area contributed by atoms with Crippen molar-refractivity contribution in [2.45, 2.75) is 44.6 Å². The van der Waals surface area contributed by atoms with Crippen molar-refractivity contribution in [1.82, 2.24) is 41.6 Å². The van der Waals surface area contributed by atoms with Crippen molar-refractivity contribution in [2.75, 3.05) is 66.0 Å². The van der Waals surface area contributed by atoms with Gasteiger partial charge in [0.2, 0.25) is 5.91 Å². The number of rotatable bonds is 22. The van der Waals surface area contributed by atoms with E-state index in [2.05, 4.69) is 36.9 Å². The predicted octanol–water partition coefficient (Wildman–Crippen LogP) is -1.64. The summed E-state index contributed by atoms with van der Waals surface area (Å²) in [5.74, 6) is -14.0. The predicted molar refractivity (Wildman–Crippen MR) is 243 cm³/mol. The molecule has 0 unspecified atom stereocenters. The number of amides is 5. The van der Waals surface area contributed by atoms with Gasteiger partial charge in [-0.25, -0.2) is 19.1 Å². The summed E-state index contributed by atoms with van der Waals surface area (Å²) < 4.78 is 33.6. The summed E-state index contributed by atoms with van der Waals surface area (Å²) in [4.78, 5) is 105. The van der Waals surface area contributed by atoms with Crippen LogP contribution in [0.5, 0.6) is 34.5 Å². The van der Waals surface area contributed by atoms with Crippen LogP contribution in [0.3, 0.4) is 0 Å². The second-order valence-corrected chi connectivity index (χ2v) is 15.4. The lowest BCUT2D eigenvalue weighted by Gasteiger charge is -2.25. The molecule has 0 saturated carbocycles. The van der Waals surface area contributed by atoms with E-state index < -0.39 is 131 Å². The van der Waals surface area contributed by atoms with Crippen molar-refractivity contribution >= 4 is 47.4 Å². The van der Waals surface area contributed by atoms with E-state index in [1.807, 2.05) is 0 Å². The van der Waals surface area contributed by atoms with Crippen molar-refractivity contribution in [3.8, 4) is 34.5 Å². The van der Waals surface area contributed by atoms with Crippen LogP contribution in [0.2, 0.25) is 0 Å². The maximum absolute atomic E-state index is 13.6. The fourth-order valence-electron chi connectivity index (χ4n) is 6.25. The van der Waals surface area contributed by atoms with Crippen LogP contribution in [0.15, 0.2) is 54.7 Å². The van der Waals surface area contributed by atoms with Gasteiger partial charge in [-0.05, 0) is 36.4 Å². The van der Waals surface area contributed by atoms with Gasteiger partial charge in [0.1, 0.15) is 25.5 Å². The Morgan fingerprint density at radius 2 is 1.07 bits per heavy atom. The molecule has 1 saturated heterocycles. The fourth-order valence-corrected chi connectivity index (χ4v) is 6.25.